The van der Waals surface area contributed by atoms with Crippen LogP contribution >= 0.6 is 0 Å². The molecule has 1 heterocycles. The summed E-state index contributed by atoms with van der Waals surface area (Å²) in [5, 5.41) is 9.80. The Balaban J connectivity index is 2.00. The smallest absolute Gasteiger partial charge is 0.253 e. The number of sulfonamides is 1. The van der Waals surface area contributed by atoms with Crippen LogP contribution in [0.25, 0.3) is 0 Å². The SMILES string of the molecule is CC(C)CC#Cc1ccc2c(c1)O[C@H](CN(C)C(=O)c1ccccc1)[C@H](C)CN([C@H](C)CO)S2(=O)=O. The van der Waals surface area contributed by atoms with Crippen molar-refractivity contribution in [3.63, 3.8) is 0 Å². The molecule has 8 heteroatoms. The third-order valence-electron chi connectivity index (χ3n) is 6.23. The molecule has 1 amide bonds. The van der Waals surface area contributed by atoms with Crippen molar-refractivity contribution >= 4 is 15.9 Å². The average molecular weight is 513 g/mol. The summed E-state index contributed by atoms with van der Waals surface area (Å²) in [5.74, 6) is 6.45. The number of likely N-dealkylation sites (N-methyl/N-ethyl adjacent to an activating group) is 1. The molecular formula is C28H36N2O5S. The van der Waals surface area contributed by atoms with Crippen LogP contribution < -0.4 is 4.74 Å². The summed E-state index contributed by atoms with van der Waals surface area (Å²) in [5.41, 5.74) is 1.23. The molecule has 0 aliphatic carbocycles. The van der Waals surface area contributed by atoms with E-state index in [9.17, 15) is 18.3 Å². The average Bonchev–Trinajstić information content (AvgIpc) is 2.85. The van der Waals surface area contributed by atoms with Gasteiger partial charge >= 0.3 is 0 Å². The van der Waals surface area contributed by atoms with Crippen molar-refractivity contribution in [2.75, 3.05) is 26.7 Å². The van der Waals surface area contributed by atoms with E-state index in [2.05, 4.69) is 25.7 Å². The number of carbonyl (C=O) groups excluding carboxylic acids is 1. The molecule has 1 aliphatic rings. The zero-order valence-corrected chi connectivity index (χ0v) is 22.5. The Bertz CT molecular complexity index is 1220. The molecule has 0 spiro atoms. The standard InChI is InChI=1S/C28H36N2O5S/c1-20(2)10-9-11-23-14-15-27-25(16-23)35-26(18-29(5)28(32)24-12-7-6-8-13-24)21(3)17-30(22(4)19-31)36(27,33)34/h6-8,12-16,20-22,26,31H,10,17-19H2,1-5H3/t21-,22-,26-/m1/s1. The Morgan fingerprint density at radius 2 is 1.89 bits per heavy atom. The normalized spacial score (nSPS) is 20.2. The van der Waals surface area contributed by atoms with Gasteiger partial charge in [-0.15, -0.1) is 0 Å². The van der Waals surface area contributed by atoms with Gasteiger partial charge in [0.1, 0.15) is 16.7 Å². The summed E-state index contributed by atoms with van der Waals surface area (Å²) >= 11 is 0. The van der Waals surface area contributed by atoms with E-state index in [0.29, 0.717) is 17.0 Å². The first-order valence-corrected chi connectivity index (χ1v) is 13.7. The van der Waals surface area contributed by atoms with Gasteiger partial charge in [0, 0.05) is 43.1 Å². The zero-order valence-electron chi connectivity index (χ0n) is 21.6. The molecule has 0 fully saturated rings. The van der Waals surface area contributed by atoms with Crippen molar-refractivity contribution in [2.24, 2.45) is 11.8 Å². The number of aliphatic hydroxyl groups is 1. The lowest BCUT2D eigenvalue weighted by Crippen LogP contribution is -2.50. The van der Waals surface area contributed by atoms with Gasteiger partial charge in [0.25, 0.3) is 5.91 Å². The lowest BCUT2D eigenvalue weighted by atomic mass is 10.0. The fraction of sp³-hybridized carbons (Fsp3) is 0.464. The number of fused-ring (bicyclic) bond motifs is 1. The van der Waals surface area contributed by atoms with Gasteiger partial charge in [-0.2, -0.15) is 4.31 Å². The largest absolute Gasteiger partial charge is 0.487 e. The lowest BCUT2D eigenvalue weighted by molar-refractivity contribution is 0.0563. The van der Waals surface area contributed by atoms with Crippen LogP contribution in [-0.4, -0.2) is 67.5 Å². The number of hydrogen-bond acceptors (Lipinski definition) is 5. The minimum Gasteiger partial charge on any atom is -0.487 e. The molecule has 0 saturated heterocycles. The van der Waals surface area contributed by atoms with Crippen LogP contribution in [0.4, 0.5) is 0 Å². The van der Waals surface area contributed by atoms with Crippen LogP contribution in [0.2, 0.25) is 0 Å². The minimum atomic E-state index is -3.93. The first-order valence-electron chi connectivity index (χ1n) is 12.3. The lowest BCUT2D eigenvalue weighted by Gasteiger charge is -2.37. The van der Waals surface area contributed by atoms with Crippen molar-refractivity contribution in [1.29, 1.82) is 0 Å². The summed E-state index contributed by atoms with van der Waals surface area (Å²) in [6, 6.07) is 13.2. The molecule has 0 bridgehead atoms. The van der Waals surface area contributed by atoms with Crippen molar-refractivity contribution in [1.82, 2.24) is 9.21 Å². The second-order valence-electron chi connectivity index (χ2n) is 9.85. The quantitative estimate of drug-likeness (QED) is 0.598. The maximum absolute atomic E-state index is 13.6. The number of rotatable bonds is 6. The van der Waals surface area contributed by atoms with Crippen LogP contribution in [-0.2, 0) is 10.0 Å². The van der Waals surface area contributed by atoms with E-state index in [1.807, 2.05) is 25.1 Å². The molecular weight excluding hydrogens is 476 g/mol. The number of ether oxygens (including phenoxy) is 1. The first-order chi connectivity index (χ1) is 17.0. The number of carbonyl (C=O) groups is 1. The van der Waals surface area contributed by atoms with Gasteiger partial charge in [0.2, 0.25) is 10.0 Å². The highest BCUT2D eigenvalue weighted by atomic mass is 32.2. The predicted molar refractivity (Wildman–Crippen MR) is 140 cm³/mol. The Kier molecular flexibility index (Phi) is 9.18. The number of hydrogen-bond donors (Lipinski definition) is 1. The molecule has 1 N–H and O–H groups in total. The Hall–Kier alpha value is -2.86. The van der Waals surface area contributed by atoms with Gasteiger partial charge in [-0.05, 0) is 43.2 Å². The van der Waals surface area contributed by atoms with E-state index >= 15 is 0 Å². The first kappa shape index (κ1) is 27.7. The molecule has 1 aliphatic heterocycles. The number of amides is 1. The Morgan fingerprint density at radius 3 is 2.53 bits per heavy atom. The third-order valence-corrected chi connectivity index (χ3v) is 8.25. The van der Waals surface area contributed by atoms with Crippen molar-refractivity contribution in [2.45, 2.75) is 51.2 Å². The van der Waals surface area contributed by atoms with Crippen LogP contribution in [0.3, 0.4) is 0 Å². The Labute approximate surface area is 215 Å². The van der Waals surface area contributed by atoms with Gasteiger partial charge in [-0.3, -0.25) is 4.79 Å². The van der Waals surface area contributed by atoms with Gasteiger partial charge < -0.3 is 14.7 Å². The molecule has 194 valence electrons. The molecule has 3 rings (SSSR count). The van der Waals surface area contributed by atoms with E-state index in [4.69, 9.17) is 4.74 Å². The number of benzene rings is 2. The maximum atomic E-state index is 13.6. The zero-order chi connectivity index (χ0) is 26.5. The highest BCUT2D eigenvalue weighted by Crippen LogP contribution is 2.34. The molecule has 0 aromatic heterocycles. The van der Waals surface area contributed by atoms with Gasteiger partial charge in [0.05, 0.1) is 13.2 Å². The van der Waals surface area contributed by atoms with E-state index in [1.165, 1.54) is 10.4 Å². The molecule has 0 saturated carbocycles. The molecule has 7 nitrogen and oxygen atoms in total. The Morgan fingerprint density at radius 1 is 1.19 bits per heavy atom. The van der Waals surface area contributed by atoms with Gasteiger partial charge in [0.15, 0.2) is 0 Å². The minimum absolute atomic E-state index is 0.0335. The summed E-state index contributed by atoms with van der Waals surface area (Å²) in [7, 11) is -2.22. The molecule has 2 aromatic rings. The van der Waals surface area contributed by atoms with Crippen molar-refractivity contribution in [3.05, 3.63) is 59.7 Å². The van der Waals surface area contributed by atoms with Crippen molar-refractivity contribution in [3.8, 4) is 17.6 Å². The molecule has 0 radical (unpaired) electrons. The third kappa shape index (κ3) is 6.47. The van der Waals surface area contributed by atoms with Gasteiger partial charge in [-0.1, -0.05) is 50.8 Å². The molecule has 36 heavy (non-hydrogen) atoms. The van der Waals surface area contributed by atoms with E-state index in [1.54, 1.807) is 43.1 Å². The highest BCUT2D eigenvalue weighted by molar-refractivity contribution is 7.89. The monoisotopic (exact) mass is 512 g/mol. The van der Waals surface area contributed by atoms with E-state index < -0.39 is 22.2 Å². The van der Waals surface area contributed by atoms with Gasteiger partial charge in [-0.25, -0.2) is 8.42 Å². The predicted octanol–water partition coefficient (Wildman–Crippen LogP) is 3.63. The fourth-order valence-electron chi connectivity index (χ4n) is 4.03. The maximum Gasteiger partial charge on any atom is 0.253 e. The summed E-state index contributed by atoms with van der Waals surface area (Å²) in [4.78, 5) is 14.6. The molecule has 2 aromatic carbocycles. The van der Waals surface area contributed by atoms with Crippen LogP contribution in [0.5, 0.6) is 5.75 Å². The van der Waals surface area contributed by atoms with Crippen LogP contribution in [0.15, 0.2) is 53.4 Å². The molecule has 3 atom stereocenters. The number of nitrogens with zero attached hydrogens (tertiary/aromatic N) is 2. The van der Waals surface area contributed by atoms with E-state index in [0.717, 1.165) is 6.42 Å². The highest BCUT2D eigenvalue weighted by Gasteiger charge is 2.38. The summed E-state index contributed by atoms with van der Waals surface area (Å²) in [6.45, 7) is 7.85. The molecule has 0 unspecified atom stereocenters. The van der Waals surface area contributed by atoms with Crippen LogP contribution in [0, 0.1) is 23.7 Å². The second-order valence-corrected chi connectivity index (χ2v) is 11.7. The van der Waals surface area contributed by atoms with Crippen LogP contribution in [0.1, 0.15) is 50.0 Å². The summed E-state index contributed by atoms with van der Waals surface area (Å²) < 4.78 is 34.9. The summed E-state index contributed by atoms with van der Waals surface area (Å²) in [6.07, 6.45) is 0.244. The second kappa shape index (κ2) is 11.9. The van der Waals surface area contributed by atoms with Crippen molar-refractivity contribution < 1.29 is 23.1 Å². The van der Waals surface area contributed by atoms with E-state index in [-0.39, 0.29) is 42.2 Å². The fourth-order valence-corrected chi connectivity index (χ4v) is 5.86. The topological polar surface area (TPSA) is 87.2 Å². The number of aliphatic hydroxyl groups excluding tert-OH is 1.